The Balaban J connectivity index is 0.00000176. The molecule has 0 spiro atoms. The summed E-state index contributed by atoms with van der Waals surface area (Å²) in [5.74, 6) is -0.0234. The first-order chi connectivity index (χ1) is 10.2. The molecule has 2 aromatic rings. The van der Waals surface area contributed by atoms with Crippen LogP contribution in [0.3, 0.4) is 0 Å². The van der Waals surface area contributed by atoms with E-state index in [-0.39, 0.29) is 18.3 Å². The molecule has 8 heteroatoms. The first-order valence-corrected chi connectivity index (χ1v) is 8.03. The highest BCUT2D eigenvalue weighted by molar-refractivity contribution is 7.15. The van der Waals surface area contributed by atoms with Crippen molar-refractivity contribution in [2.24, 2.45) is 0 Å². The Kier molecular flexibility index (Phi) is 5.55. The summed E-state index contributed by atoms with van der Waals surface area (Å²) >= 11 is 1.53. The van der Waals surface area contributed by atoms with Gasteiger partial charge in [0.1, 0.15) is 5.54 Å². The van der Waals surface area contributed by atoms with Crippen molar-refractivity contribution in [3.05, 3.63) is 29.5 Å². The molecule has 6 nitrogen and oxygen atoms in total. The van der Waals surface area contributed by atoms with Crippen LogP contribution in [0.5, 0.6) is 0 Å². The van der Waals surface area contributed by atoms with Gasteiger partial charge >= 0.3 is 0 Å². The summed E-state index contributed by atoms with van der Waals surface area (Å²) in [6, 6.07) is 1.86. The van der Waals surface area contributed by atoms with E-state index in [9.17, 15) is 4.79 Å². The second-order valence-electron chi connectivity index (χ2n) is 5.17. The Morgan fingerprint density at radius 3 is 2.86 bits per heavy atom. The molecule has 0 radical (unpaired) electrons. The normalized spacial score (nSPS) is 16.8. The second-order valence-corrected chi connectivity index (χ2v) is 6.29. The summed E-state index contributed by atoms with van der Waals surface area (Å²) in [4.78, 5) is 18.3. The fourth-order valence-corrected chi connectivity index (χ4v) is 3.41. The molecule has 3 heterocycles. The number of aromatic nitrogens is 3. The van der Waals surface area contributed by atoms with E-state index in [0.717, 1.165) is 32.4 Å². The third-order valence-corrected chi connectivity index (χ3v) is 4.98. The fourth-order valence-electron chi connectivity index (χ4n) is 2.66. The van der Waals surface area contributed by atoms with Crippen LogP contribution < -0.4 is 10.6 Å². The molecule has 0 atom stereocenters. The van der Waals surface area contributed by atoms with Crippen LogP contribution in [-0.2, 0) is 16.8 Å². The zero-order valence-corrected chi connectivity index (χ0v) is 14.0. The predicted molar refractivity (Wildman–Crippen MR) is 89.7 cm³/mol. The largest absolute Gasteiger partial charge is 0.317 e. The van der Waals surface area contributed by atoms with Crippen molar-refractivity contribution in [2.75, 3.05) is 18.4 Å². The number of hydrogen-bond acceptors (Lipinski definition) is 5. The van der Waals surface area contributed by atoms with Crippen LogP contribution in [0, 0.1) is 0 Å². The van der Waals surface area contributed by atoms with E-state index in [0.29, 0.717) is 5.13 Å². The molecule has 120 valence electrons. The van der Waals surface area contributed by atoms with Crippen LogP contribution in [0.4, 0.5) is 5.13 Å². The maximum absolute atomic E-state index is 12.9. The Morgan fingerprint density at radius 1 is 1.50 bits per heavy atom. The van der Waals surface area contributed by atoms with Gasteiger partial charge in [-0.1, -0.05) is 6.92 Å². The Hall–Kier alpha value is -1.44. The third-order valence-electron chi connectivity index (χ3n) is 3.92. The summed E-state index contributed by atoms with van der Waals surface area (Å²) in [5, 5.41) is 11.3. The number of carbonyl (C=O) groups excluding carboxylic acids is 1. The number of thiazole rings is 1. The predicted octanol–water partition coefficient (Wildman–Crippen LogP) is 2.04. The molecular weight excluding hydrogens is 322 g/mol. The Bertz CT molecular complexity index is 607. The van der Waals surface area contributed by atoms with E-state index in [1.165, 1.54) is 16.2 Å². The van der Waals surface area contributed by atoms with Crippen LogP contribution in [0.25, 0.3) is 0 Å². The highest BCUT2D eigenvalue weighted by atomic mass is 35.5. The molecule has 1 saturated heterocycles. The van der Waals surface area contributed by atoms with Gasteiger partial charge in [-0.2, -0.15) is 5.10 Å². The number of halogens is 1. The number of hydrogen-bond donors (Lipinski definition) is 2. The Morgan fingerprint density at radius 2 is 2.27 bits per heavy atom. The second kappa shape index (κ2) is 7.21. The minimum Gasteiger partial charge on any atom is -0.317 e. The number of aryl methyl sites for hydroxylation is 1. The van der Waals surface area contributed by atoms with E-state index < -0.39 is 5.54 Å². The number of anilines is 1. The minimum absolute atomic E-state index is 0. The van der Waals surface area contributed by atoms with Gasteiger partial charge in [0, 0.05) is 23.5 Å². The van der Waals surface area contributed by atoms with Gasteiger partial charge in [-0.05, 0) is 38.4 Å². The summed E-state index contributed by atoms with van der Waals surface area (Å²) in [7, 11) is 0. The van der Waals surface area contributed by atoms with Gasteiger partial charge in [-0.3, -0.25) is 14.8 Å². The molecule has 22 heavy (non-hydrogen) atoms. The maximum atomic E-state index is 12.9. The number of carbonyl (C=O) groups is 1. The van der Waals surface area contributed by atoms with Crippen molar-refractivity contribution < 1.29 is 4.79 Å². The topological polar surface area (TPSA) is 71.8 Å². The molecular formula is C14H20ClN5OS. The van der Waals surface area contributed by atoms with Crippen molar-refractivity contribution >= 4 is 34.8 Å². The lowest BCUT2D eigenvalue weighted by atomic mass is 9.87. The van der Waals surface area contributed by atoms with Crippen molar-refractivity contribution in [1.29, 1.82) is 0 Å². The maximum Gasteiger partial charge on any atom is 0.254 e. The van der Waals surface area contributed by atoms with Crippen molar-refractivity contribution in [2.45, 2.75) is 31.7 Å². The van der Waals surface area contributed by atoms with Crippen LogP contribution in [0.15, 0.2) is 24.7 Å². The molecule has 0 bridgehead atoms. The number of nitrogens with one attached hydrogen (secondary N) is 2. The third kappa shape index (κ3) is 3.16. The van der Waals surface area contributed by atoms with Crippen molar-refractivity contribution in [3.8, 4) is 0 Å². The summed E-state index contributed by atoms with van der Waals surface area (Å²) < 4.78 is 1.79. The van der Waals surface area contributed by atoms with Crippen LogP contribution in [0.1, 0.15) is 24.6 Å². The van der Waals surface area contributed by atoms with Crippen LogP contribution in [0.2, 0.25) is 0 Å². The lowest BCUT2D eigenvalue weighted by molar-refractivity contribution is -0.126. The molecule has 0 aliphatic carbocycles. The van der Waals surface area contributed by atoms with Crippen molar-refractivity contribution in [3.63, 3.8) is 0 Å². The smallest absolute Gasteiger partial charge is 0.254 e. The van der Waals surface area contributed by atoms with Crippen LogP contribution >= 0.6 is 23.7 Å². The SMILES string of the molecule is CCc1cnc(NC(=O)C2(n3cccn3)CCNCC2)s1.Cl. The molecule has 1 aliphatic heterocycles. The average Bonchev–Trinajstić information content (AvgIpc) is 3.19. The summed E-state index contributed by atoms with van der Waals surface area (Å²) in [6.45, 7) is 3.70. The summed E-state index contributed by atoms with van der Waals surface area (Å²) in [5.41, 5.74) is -0.618. The molecule has 3 rings (SSSR count). The Labute approximate surface area is 139 Å². The number of rotatable bonds is 4. The molecule has 1 fully saturated rings. The van der Waals surface area contributed by atoms with Gasteiger partial charge in [0.05, 0.1) is 0 Å². The number of amides is 1. The summed E-state index contributed by atoms with van der Waals surface area (Å²) in [6.07, 6.45) is 7.80. The lowest BCUT2D eigenvalue weighted by Crippen LogP contribution is -2.52. The van der Waals surface area contributed by atoms with Crippen LogP contribution in [-0.4, -0.2) is 33.8 Å². The highest BCUT2D eigenvalue weighted by Gasteiger charge is 2.42. The first-order valence-electron chi connectivity index (χ1n) is 7.21. The van der Waals surface area contributed by atoms with Gasteiger partial charge in [-0.15, -0.1) is 23.7 Å². The van der Waals surface area contributed by atoms with E-state index in [1.54, 1.807) is 10.9 Å². The van der Waals surface area contributed by atoms with Gasteiger partial charge in [0.2, 0.25) is 0 Å². The zero-order chi connectivity index (χ0) is 14.7. The van der Waals surface area contributed by atoms with Crippen molar-refractivity contribution in [1.82, 2.24) is 20.1 Å². The number of nitrogens with zero attached hydrogens (tertiary/aromatic N) is 3. The van der Waals surface area contributed by atoms with Gasteiger partial charge in [0.25, 0.3) is 5.91 Å². The molecule has 0 saturated carbocycles. The van der Waals surface area contributed by atoms with E-state index in [4.69, 9.17) is 0 Å². The van der Waals surface area contributed by atoms with E-state index in [2.05, 4.69) is 27.6 Å². The minimum atomic E-state index is -0.618. The quantitative estimate of drug-likeness (QED) is 0.892. The molecule has 0 unspecified atom stereocenters. The molecule has 0 aromatic carbocycles. The lowest BCUT2D eigenvalue weighted by Gasteiger charge is -2.36. The van der Waals surface area contributed by atoms with Gasteiger partial charge in [0.15, 0.2) is 5.13 Å². The number of piperidine rings is 1. The molecule has 2 N–H and O–H groups in total. The van der Waals surface area contributed by atoms with Gasteiger partial charge in [-0.25, -0.2) is 4.98 Å². The fraction of sp³-hybridized carbons (Fsp3) is 0.500. The first kappa shape index (κ1) is 16.9. The molecule has 2 aromatic heterocycles. The molecule has 1 amide bonds. The van der Waals surface area contributed by atoms with E-state index in [1.807, 2.05) is 18.5 Å². The van der Waals surface area contributed by atoms with E-state index >= 15 is 0 Å². The standard InChI is InChI=1S/C14H19N5OS.ClH/c1-2-11-10-16-13(21-11)18-12(20)14(4-7-15-8-5-14)19-9-3-6-17-19;/h3,6,9-10,15H,2,4-5,7-8H2,1H3,(H,16,18,20);1H. The van der Waals surface area contributed by atoms with Gasteiger partial charge < -0.3 is 5.32 Å². The average molecular weight is 342 g/mol. The highest BCUT2D eigenvalue weighted by Crippen LogP contribution is 2.29. The monoisotopic (exact) mass is 341 g/mol. The zero-order valence-electron chi connectivity index (χ0n) is 12.4. The molecule has 1 aliphatic rings.